The number of aryl methyl sites for hydroxylation is 2. The molecule has 0 amide bonds. The van der Waals surface area contributed by atoms with Crippen molar-refractivity contribution in [2.24, 2.45) is 0 Å². The fraction of sp³-hybridized carbons (Fsp3) is 0.600. The van der Waals surface area contributed by atoms with Crippen molar-refractivity contribution in [1.29, 1.82) is 0 Å². The fourth-order valence-electron chi connectivity index (χ4n) is 2.19. The summed E-state index contributed by atoms with van der Waals surface area (Å²) in [6, 6.07) is 7.05. The topological polar surface area (TPSA) is 21.3 Å². The van der Waals surface area contributed by atoms with Gasteiger partial charge >= 0.3 is 0 Å². The summed E-state index contributed by atoms with van der Waals surface area (Å²) in [5, 5.41) is 0. The van der Waals surface area contributed by atoms with Gasteiger partial charge in [-0.25, -0.2) is 0 Å². The molecule has 0 radical (unpaired) electrons. The third kappa shape index (κ3) is 3.30. The van der Waals surface area contributed by atoms with Crippen LogP contribution in [0.3, 0.4) is 0 Å². The Labute approximate surface area is 104 Å². The maximum atomic E-state index is 5.61. The third-order valence-corrected chi connectivity index (χ3v) is 3.16. The van der Waals surface area contributed by atoms with Crippen LogP contribution >= 0.6 is 0 Å². The number of nitrogens with one attached hydrogen (secondary N) is 1. The van der Waals surface area contributed by atoms with Crippen molar-refractivity contribution in [3.05, 3.63) is 34.9 Å². The first kappa shape index (κ1) is 12.6. The van der Waals surface area contributed by atoms with E-state index in [0.717, 1.165) is 0 Å². The fourth-order valence-corrected chi connectivity index (χ4v) is 2.19. The Kier molecular flexibility index (Phi) is 3.55. The minimum atomic E-state index is -0.148. The Bertz CT molecular complexity index is 392. The van der Waals surface area contributed by atoms with Crippen LogP contribution in [0.15, 0.2) is 18.2 Å². The molecule has 1 aromatic carbocycles. The van der Waals surface area contributed by atoms with Gasteiger partial charge in [0.05, 0.1) is 11.6 Å². The van der Waals surface area contributed by atoms with Crippen molar-refractivity contribution >= 4 is 0 Å². The lowest BCUT2D eigenvalue weighted by molar-refractivity contribution is -0.0866. The van der Waals surface area contributed by atoms with Crippen LogP contribution < -0.4 is 5.48 Å². The van der Waals surface area contributed by atoms with Crippen LogP contribution in [0.25, 0.3) is 0 Å². The highest BCUT2D eigenvalue weighted by atomic mass is 16.7. The predicted molar refractivity (Wildman–Crippen MR) is 70.9 cm³/mol. The van der Waals surface area contributed by atoms with Gasteiger partial charge in [0.2, 0.25) is 0 Å². The Hall–Kier alpha value is -0.860. The summed E-state index contributed by atoms with van der Waals surface area (Å²) in [7, 11) is 0. The average molecular weight is 233 g/mol. The first-order chi connectivity index (χ1) is 7.96. The van der Waals surface area contributed by atoms with Crippen molar-refractivity contribution < 1.29 is 4.84 Å². The molecule has 1 N–H and O–H groups in total. The molecule has 0 saturated carbocycles. The van der Waals surface area contributed by atoms with Gasteiger partial charge in [-0.05, 0) is 63.6 Å². The normalized spacial score (nSPS) is 16.9. The largest absolute Gasteiger partial charge is 0.296 e. The van der Waals surface area contributed by atoms with E-state index in [-0.39, 0.29) is 11.6 Å². The van der Waals surface area contributed by atoms with Crippen LogP contribution in [-0.2, 0) is 17.7 Å². The number of rotatable bonds is 3. The van der Waals surface area contributed by atoms with E-state index < -0.39 is 0 Å². The standard InChI is InChI=1S/C15H23NO/c1-11(16-17-15(2,3)4)13-9-8-12-6-5-7-14(12)10-13/h8-11,16H,5-7H2,1-4H3. The van der Waals surface area contributed by atoms with Crippen molar-refractivity contribution in [3.63, 3.8) is 0 Å². The molecule has 2 heteroatoms. The minimum absolute atomic E-state index is 0.148. The van der Waals surface area contributed by atoms with E-state index in [1.807, 2.05) is 0 Å². The van der Waals surface area contributed by atoms with Crippen LogP contribution in [-0.4, -0.2) is 5.60 Å². The van der Waals surface area contributed by atoms with Gasteiger partial charge in [0.1, 0.15) is 0 Å². The summed E-state index contributed by atoms with van der Waals surface area (Å²) in [5.41, 5.74) is 7.34. The van der Waals surface area contributed by atoms with Crippen LogP contribution in [0.1, 0.15) is 56.8 Å². The molecule has 1 atom stereocenters. The highest BCUT2D eigenvalue weighted by molar-refractivity contribution is 5.36. The number of fused-ring (bicyclic) bond motifs is 1. The second-order valence-electron chi connectivity index (χ2n) is 5.94. The maximum Gasteiger partial charge on any atom is 0.0813 e. The Balaban J connectivity index is 2.02. The number of hydrogen-bond acceptors (Lipinski definition) is 2. The zero-order chi connectivity index (χ0) is 12.5. The molecule has 17 heavy (non-hydrogen) atoms. The van der Waals surface area contributed by atoms with Gasteiger partial charge in [0.15, 0.2) is 0 Å². The molecule has 1 unspecified atom stereocenters. The number of hydroxylamine groups is 1. The molecule has 2 nitrogen and oxygen atoms in total. The van der Waals surface area contributed by atoms with E-state index in [0.29, 0.717) is 0 Å². The van der Waals surface area contributed by atoms with E-state index in [2.05, 4.69) is 51.4 Å². The molecule has 94 valence electrons. The first-order valence-electron chi connectivity index (χ1n) is 6.51. The van der Waals surface area contributed by atoms with E-state index in [1.165, 1.54) is 36.0 Å². The Morgan fingerprint density at radius 3 is 2.59 bits per heavy atom. The van der Waals surface area contributed by atoms with Crippen LogP contribution in [0.2, 0.25) is 0 Å². The first-order valence-corrected chi connectivity index (χ1v) is 6.51. The highest BCUT2D eigenvalue weighted by Crippen LogP contribution is 2.25. The SMILES string of the molecule is CC(NOC(C)(C)C)c1ccc2c(c1)CCC2. The molecule has 0 spiro atoms. The molecular formula is C15H23NO. The van der Waals surface area contributed by atoms with E-state index in [4.69, 9.17) is 4.84 Å². The van der Waals surface area contributed by atoms with Gasteiger partial charge in [-0.3, -0.25) is 4.84 Å². The smallest absolute Gasteiger partial charge is 0.0813 e. The summed E-state index contributed by atoms with van der Waals surface area (Å²) in [5.74, 6) is 0. The molecule has 1 aliphatic rings. The Morgan fingerprint density at radius 1 is 1.18 bits per heavy atom. The third-order valence-electron chi connectivity index (χ3n) is 3.16. The van der Waals surface area contributed by atoms with Crippen LogP contribution in [0.4, 0.5) is 0 Å². The summed E-state index contributed by atoms with van der Waals surface area (Å²) >= 11 is 0. The minimum Gasteiger partial charge on any atom is -0.296 e. The van der Waals surface area contributed by atoms with E-state index in [1.54, 1.807) is 0 Å². The molecule has 2 rings (SSSR count). The lowest BCUT2D eigenvalue weighted by atomic mass is 10.0. The number of hydrogen-bond donors (Lipinski definition) is 1. The van der Waals surface area contributed by atoms with Gasteiger partial charge in [-0.2, -0.15) is 5.48 Å². The second-order valence-corrected chi connectivity index (χ2v) is 5.94. The second kappa shape index (κ2) is 4.79. The lowest BCUT2D eigenvalue weighted by Gasteiger charge is -2.23. The quantitative estimate of drug-likeness (QED) is 0.806. The Morgan fingerprint density at radius 2 is 1.88 bits per heavy atom. The van der Waals surface area contributed by atoms with Crippen molar-refractivity contribution in [2.75, 3.05) is 0 Å². The van der Waals surface area contributed by atoms with Gasteiger partial charge in [-0.1, -0.05) is 18.2 Å². The lowest BCUT2D eigenvalue weighted by Crippen LogP contribution is -2.31. The zero-order valence-electron chi connectivity index (χ0n) is 11.3. The molecule has 1 aromatic rings. The van der Waals surface area contributed by atoms with Gasteiger partial charge in [0, 0.05) is 0 Å². The predicted octanol–water partition coefficient (Wildman–Crippen LogP) is 3.56. The van der Waals surface area contributed by atoms with Gasteiger partial charge in [-0.15, -0.1) is 0 Å². The van der Waals surface area contributed by atoms with Gasteiger partial charge < -0.3 is 0 Å². The van der Waals surface area contributed by atoms with Crippen molar-refractivity contribution in [1.82, 2.24) is 5.48 Å². The summed E-state index contributed by atoms with van der Waals surface area (Å²) in [6.45, 7) is 8.29. The maximum absolute atomic E-state index is 5.61. The van der Waals surface area contributed by atoms with Crippen LogP contribution in [0, 0.1) is 0 Å². The molecule has 0 saturated heterocycles. The highest BCUT2D eigenvalue weighted by Gasteiger charge is 2.16. The molecular weight excluding hydrogens is 210 g/mol. The molecule has 0 aromatic heterocycles. The molecule has 0 aliphatic heterocycles. The zero-order valence-corrected chi connectivity index (χ0v) is 11.3. The molecule has 1 aliphatic carbocycles. The van der Waals surface area contributed by atoms with Gasteiger partial charge in [0.25, 0.3) is 0 Å². The molecule has 0 bridgehead atoms. The summed E-state index contributed by atoms with van der Waals surface area (Å²) < 4.78 is 0. The molecule has 0 fully saturated rings. The van der Waals surface area contributed by atoms with E-state index >= 15 is 0 Å². The summed E-state index contributed by atoms with van der Waals surface area (Å²) in [4.78, 5) is 5.61. The average Bonchev–Trinajstić information content (AvgIpc) is 2.71. The van der Waals surface area contributed by atoms with Crippen molar-refractivity contribution in [2.45, 2.75) is 58.6 Å². The van der Waals surface area contributed by atoms with E-state index in [9.17, 15) is 0 Å². The molecule has 0 heterocycles. The number of benzene rings is 1. The summed E-state index contributed by atoms with van der Waals surface area (Å²) in [6.07, 6.45) is 3.78. The van der Waals surface area contributed by atoms with Crippen LogP contribution in [0.5, 0.6) is 0 Å². The van der Waals surface area contributed by atoms with Crippen molar-refractivity contribution in [3.8, 4) is 0 Å². The monoisotopic (exact) mass is 233 g/mol.